The van der Waals surface area contributed by atoms with Gasteiger partial charge in [-0.25, -0.2) is 0 Å². The number of alkyl halides is 3. The number of fused-ring (bicyclic) bond motifs is 1. The maximum Gasteiger partial charge on any atom is 0.416 e. The van der Waals surface area contributed by atoms with E-state index < -0.39 is 11.7 Å². The molecule has 6 heteroatoms. The van der Waals surface area contributed by atoms with Crippen molar-refractivity contribution in [3.8, 4) is 0 Å². The fourth-order valence-corrected chi connectivity index (χ4v) is 2.35. The Bertz CT molecular complexity index is 668. The van der Waals surface area contributed by atoms with E-state index >= 15 is 0 Å². The van der Waals surface area contributed by atoms with Gasteiger partial charge in [0.05, 0.1) is 17.6 Å². The number of aliphatic imine (C=N–C) groups is 1. The molecular formula is C13H12F3N3. The van der Waals surface area contributed by atoms with Crippen LogP contribution < -0.4 is 5.32 Å². The number of benzene rings is 1. The highest BCUT2D eigenvalue weighted by Gasteiger charge is 2.30. The smallest absolute Gasteiger partial charge is 0.354 e. The van der Waals surface area contributed by atoms with Gasteiger partial charge in [-0.05, 0) is 31.2 Å². The van der Waals surface area contributed by atoms with Crippen LogP contribution in [0.15, 0.2) is 29.3 Å². The number of rotatable bonds is 0. The lowest BCUT2D eigenvalue weighted by Crippen LogP contribution is -2.26. The lowest BCUT2D eigenvalue weighted by molar-refractivity contribution is -0.137. The van der Waals surface area contributed by atoms with E-state index in [0.717, 1.165) is 23.8 Å². The Hall–Kier alpha value is -1.98. The predicted octanol–water partition coefficient (Wildman–Crippen LogP) is 2.78. The highest BCUT2D eigenvalue weighted by atomic mass is 19.4. The molecule has 0 radical (unpaired) electrons. The minimum absolute atomic E-state index is 0.573. The van der Waals surface area contributed by atoms with Crippen LogP contribution in [0, 0.1) is 6.92 Å². The maximum absolute atomic E-state index is 12.7. The zero-order valence-corrected chi connectivity index (χ0v) is 10.3. The molecule has 0 amide bonds. The minimum atomic E-state index is -4.31. The van der Waals surface area contributed by atoms with E-state index in [1.165, 1.54) is 12.1 Å². The van der Waals surface area contributed by atoms with Crippen molar-refractivity contribution < 1.29 is 13.2 Å². The van der Waals surface area contributed by atoms with Crippen molar-refractivity contribution in [1.29, 1.82) is 0 Å². The average molecular weight is 267 g/mol. The van der Waals surface area contributed by atoms with Crippen molar-refractivity contribution in [3.63, 3.8) is 0 Å². The SMILES string of the molecule is Cc1cc2cc(C(F)(F)F)ccc2n1C1=NCCN1. The Kier molecular flexibility index (Phi) is 2.55. The summed E-state index contributed by atoms with van der Waals surface area (Å²) in [5.41, 5.74) is 0.972. The Morgan fingerprint density at radius 1 is 1.26 bits per heavy atom. The summed E-state index contributed by atoms with van der Waals surface area (Å²) in [7, 11) is 0. The third-order valence-corrected chi connectivity index (χ3v) is 3.18. The van der Waals surface area contributed by atoms with E-state index in [0.29, 0.717) is 17.9 Å². The predicted molar refractivity (Wildman–Crippen MR) is 67.4 cm³/mol. The molecule has 1 aromatic carbocycles. The van der Waals surface area contributed by atoms with E-state index in [9.17, 15) is 13.2 Å². The van der Waals surface area contributed by atoms with Crippen molar-refractivity contribution in [1.82, 2.24) is 9.88 Å². The normalized spacial score (nSPS) is 15.7. The van der Waals surface area contributed by atoms with Gasteiger partial charge in [-0.1, -0.05) is 0 Å². The van der Waals surface area contributed by atoms with E-state index in [4.69, 9.17) is 0 Å². The standard InChI is InChI=1S/C13H12F3N3/c1-8-6-9-7-10(13(14,15)16)2-3-11(9)19(8)12-17-4-5-18-12/h2-3,6-7H,4-5H2,1H3,(H,17,18). The molecule has 3 rings (SSSR count). The minimum Gasteiger partial charge on any atom is -0.354 e. The largest absolute Gasteiger partial charge is 0.416 e. The van der Waals surface area contributed by atoms with Crippen molar-refractivity contribution in [2.45, 2.75) is 13.1 Å². The first-order chi connectivity index (χ1) is 8.97. The molecule has 0 saturated heterocycles. The first-order valence-corrected chi connectivity index (χ1v) is 5.95. The van der Waals surface area contributed by atoms with Crippen LogP contribution >= 0.6 is 0 Å². The lowest BCUT2D eigenvalue weighted by Gasteiger charge is -2.09. The van der Waals surface area contributed by atoms with Gasteiger partial charge in [0.1, 0.15) is 0 Å². The van der Waals surface area contributed by atoms with Gasteiger partial charge >= 0.3 is 6.18 Å². The Morgan fingerprint density at radius 3 is 2.68 bits per heavy atom. The van der Waals surface area contributed by atoms with Crippen LogP contribution in [0.4, 0.5) is 13.2 Å². The maximum atomic E-state index is 12.7. The van der Waals surface area contributed by atoms with Crippen molar-refractivity contribution in [2.24, 2.45) is 4.99 Å². The van der Waals surface area contributed by atoms with Crippen molar-refractivity contribution in [2.75, 3.05) is 13.1 Å². The first-order valence-electron chi connectivity index (χ1n) is 5.95. The monoisotopic (exact) mass is 267 g/mol. The summed E-state index contributed by atoms with van der Waals surface area (Å²) in [4.78, 5) is 4.31. The molecule has 0 atom stereocenters. The van der Waals surface area contributed by atoms with Crippen LogP contribution in [-0.4, -0.2) is 23.6 Å². The molecule has 0 saturated carbocycles. The fraction of sp³-hybridized carbons (Fsp3) is 0.308. The fourth-order valence-electron chi connectivity index (χ4n) is 2.35. The van der Waals surface area contributed by atoms with Gasteiger partial charge < -0.3 is 5.32 Å². The van der Waals surface area contributed by atoms with Gasteiger partial charge in [0.25, 0.3) is 0 Å². The highest BCUT2D eigenvalue weighted by Crippen LogP contribution is 2.32. The van der Waals surface area contributed by atoms with Gasteiger partial charge in [-0.15, -0.1) is 0 Å². The summed E-state index contributed by atoms with van der Waals surface area (Å²) < 4.78 is 39.9. The zero-order valence-electron chi connectivity index (χ0n) is 10.3. The van der Waals surface area contributed by atoms with Crippen LogP contribution in [-0.2, 0) is 6.18 Å². The topological polar surface area (TPSA) is 29.3 Å². The molecule has 0 aliphatic carbocycles. The molecule has 19 heavy (non-hydrogen) atoms. The molecule has 2 aromatic rings. The molecule has 3 nitrogen and oxygen atoms in total. The molecule has 1 aliphatic heterocycles. The molecule has 0 spiro atoms. The highest BCUT2D eigenvalue weighted by molar-refractivity contribution is 5.96. The van der Waals surface area contributed by atoms with E-state index in [1.54, 1.807) is 6.07 Å². The van der Waals surface area contributed by atoms with Crippen LogP contribution in [0.1, 0.15) is 11.3 Å². The zero-order chi connectivity index (χ0) is 13.6. The number of nitrogens with zero attached hydrogens (tertiary/aromatic N) is 2. The number of aromatic nitrogens is 1. The van der Waals surface area contributed by atoms with Crippen LogP contribution in [0.25, 0.3) is 10.9 Å². The van der Waals surface area contributed by atoms with Crippen LogP contribution in [0.3, 0.4) is 0 Å². The Balaban J connectivity index is 2.18. The van der Waals surface area contributed by atoms with Crippen LogP contribution in [0.2, 0.25) is 0 Å². The molecule has 2 heterocycles. The summed E-state index contributed by atoms with van der Waals surface area (Å²) in [6.07, 6.45) is -4.31. The number of halogens is 3. The third kappa shape index (κ3) is 1.97. The summed E-state index contributed by atoms with van der Waals surface area (Å²) in [6.45, 7) is 3.31. The second kappa shape index (κ2) is 4.01. The van der Waals surface area contributed by atoms with Gasteiger partial charge in [-0.3, -0.25) is 9.56 Å². The second-order valence-electron chi connectivity index (χ2n) is 4.52. The lowest BCUT2D eigenvalue weighted by atomic mass is 10.1. The van der Waals surface area contributed by atoms with Gasteiger partial charge in [-0.2, -0.15) is 13.2 Å². The summed E-state index contributed by atoms with van der Waals surface area (Å²) in [5.74, 6) is 0.701. The van der Waals surface area contributed by atoms with Crippen molar-refractivity contribution in [3.05, 3.63) is 35.5 Å². The summed E-state index contributed by atoms with van der Waals surface area (Å²) in [5, 5.41) is 3.70. The molecule has 1 N–H and O–H groups in total. The van der Waals surface area contributed by atoms with E-state index in [1.807, 2.05) is 11.5 Å². The third-order valence-electron chi connectivity index (χ3n) is 3.18. The summed E-state index contributed by atoms with van der Waals surface area (Å²) >= 11 is 0. The Labute approximate surface area is 107 Å². The Morgan fingerprint density at radius 2 is 2.05 bits per heavy atom. The number of hydrogen-bond acceptors (Lipinski definition) is 2. The number of aryl methyl sites for hydroxylation is 1. The molecule has 1 aromatic heterocycles. The molecule has 1 aliphatic rings. The molecule has 0 unspecified atom stereocenters. The quantitative estimate of drug-likeness (QED) is 0.781. The number of nitrogens with one attached hydrogen (secondary N) is 1. The van der Waals surface area contributed by atoms with Gasteiger partial charge in [0.15, 0.2) is 0 Å². The van der Waals surface area contributed by atoms with E-state index in [2.05, 4.69) is 10.3 Å². The second-order valence-corrected chi connectivity index (χ2v) is 4.52. The van der Waals surface area contributed by atoms with Crippen molar-refractivity contribution >= 4 is 16.9 Å². The van der Waals surface area contributed by atoms with Gasteiger partial charge in [0.2, 0.25) is 5.96 Å². The number of hydrogen-bond donors (Lipinski definition) is 1. The van der Waals surface area contributed by atoms with Crippen LogP contribution in [0.5, 0.6) is 0 Å². The van der Waals surface area contributed by atoms with E-state index in [-0.39, 0.29) is 0 Å². The molecule has 0 bridgehead atoms. The molecular weight excluding hydrogens is 255 g/mol. The molecule has 0 fully saturated rings. The molecule has 100 valence electrons. The average Bonchev–Trinajstić information content (AvgIpc) is 2.92. The first kappa shape index (κ1) is 12.1. The van der Waals surface area contributed by atoms with Gasteiger partial charge in [0, 0.05) is 17.6 Å². The summed E-state index contributed by atoms with van der Waals surface area (Å²) in [6, 6.07) is 5.52.